The summed E-state index contributed by atoms with van der Waals surface area (Å²) in [6.07, 6.45) is -3.07. The summed E-state index contributed by atoms with van der Waals surface area (Å²) in [6.45, 7) is -0.132. The van der Waals surface area contributed by atoms with E-state index in [2.05, 4.69) is 26.8 Å². The number of carbonyl (C=O) groups is 1. The van der Waals surface area contributed by atoms with Gasteiger partial charge in [-0.05, 0) is 36.4 Å². The van der Waals surface area contributed by atoms with Crippen molar-refractivity contribution in [3.05, 3.63) is 53.1 Å². The molecule has 1 heterocycles. The Balaban J connectivity index is 1.60. The van der Waals surface area contributed by atoms with Crippen LogP contribution < -0.4 is 26.7 Å². The van der Waals surface area contributed by atoms with Crippen molar-refractivity contribution >= 4 is 40.9 Å². The molecule has 1 aliphatic rings. The van der Waals surface area contributed by atoms with Gasteiger partial charge in [-0.15, -0.1) is 5.53 Å². The second-order valence-corrected chi connectivity index (χ2v) is 5.89. The molecule has 142 valence electrons. The van der Waals surface area contributed by atoms with Crippen molar-refractivity contribution in [2.24, 2.45) is 5.10 Å². The van der Waals surface area contributed by atoms with Crippen molar-refractivity contribution < 1.29 is 18.0 Å². The van der Waals surface area contributed by atoms with Crippen LogP contribution in [0.2, 0.25) is 5.02 Å². The summed E-state index contributed by atoms with van der Waals surface area (Å²) in [5.41, 5.74) is 5.75. The van der Waals surface area contributed by atoms with E-state index in [0.717, 1.165) is 17.8 Å². The van der Waals surface area contributed by atoms with Crippen LogP contribution in [0.25, 0.3) is 0 Å². The fourth-order valence-electron chi connectivity index (χ4n) is 2.30. The average Bonchev–Trinajstić information content (AvgIpc) is 3.16. The molecule has 0 aliphatic carbocycles. The molecule has 1 amide bonds. The zero-order valence-corrected chi connectivity index (χ0v) is 14.4. The average molecular weight is 399 g/mol. The van der Waals surface area contributed by atoms with E-state index in [1.165, 1.54) is 12.4 Å². The number of rotatable bonds is 5. The Hall–Kier alpha value is -2.98. The van der Waals surface area contributed by atoms with Crippen molar-refractivity contribution in [1.82, 2.24) is 11.1 Å². The second kappa shape index (κ2) is 7.72. The standard InChI is InChI=1S/C16H14ClF3N6O/c17-14-5-4-11(7-13(14)16(18,19)20)23-15(27)8-21-10-2-1-3-12(6-10)26-9-22-24-25-26/h1-7,9,21,24-25H,8H2,(H,23,27). The molecule has 27 heavy (non-hydrogen) atoms. The summed E-state index contributed by atoms with van der Waals surface area (Å²) in [7, 11) is 0. The maximum absolute atomic E-state index is 12.9. The number of nitrogens with zero attached hydrogens (tertiary/aromatic N) is 2. The molecule has 0 fully saturated rings. The minimum Gasteiger partial charge on any atom is -0.376 e. The third kappa shape index (κ3) is 4.80. The number of benzene rings is 2. The third-order valence-corrected chi connectivity index (χ3v) is 3.87. The third-order valence-electron chi connectivity index (χ3n) is 3.54. The molecule has 2 aromatic rings. The number of alkyl halides is 3. The molecular weight excluding hydrogens is 385 g/mol. The number of nitrogens with one attached hydrogen (secondary N) is 4. The first-order chi connectivity index (χ1) is 12.8. The van der Waals surface area contributed by atoms with Gasteiger partial charge in [-0.3, -0.25) is 4.79 Å². The lowest BCUT2D eigenvalue weighted by Crippen LogP contribution is -2.37. The molecule has 11 heteroatoms. The van der Waals surface area contributed by atoms with E-state index < -0.39 is 22.7 Å². The van der Waals surface area contributed by atoms with E-state index >= 15 is 0 Å². The molecule has 4 N–H and O–H groups in total. The number of hydrogen-bond donors (Lipinski definition) is 4. The molecular formula is C16H14ClF3N6O. The van der Waals surface area contributed by atoms with Crippen LogP contribution in [0.4, 0.5) is 30.2 Å². The van der Waals surface area contributed by atoms with E-state index in [-0.39, 0.29) is 12.2 Å². The summed E-state index contributed by atoms with van der Waals surface area (Å²) >= 11 is 5.56. The predicted octanol–water partition coefficient (Wildman–Crippen LogP) is 3.18. The highest BCUT2D eigenvalue weighted by Crippen LogP contribution is 2.36. The van der Waals surface area contributed by atoms with Crippen molar-refractivity contribution in [3.63, 3.8) is 0 Å². The van der Waals surface area contributed by atoms with Crippen LogP contribution in [-0.4, -0.2) is 18.8 Å². The summed E-state index contributed by atoms with van der Waals surface area (Å²) in [4.78, 5) is 12.0. The highest BCUT2D eigenvalue weighted by Gasteiger charge is 2.33. The molecule has 0 saturated carbocycles. The van der Waals surface area contributed by atoms with E-state index in [9.17, 15) is 18.0 Å². The van der Waals surface area contributed by atoms with Gasteiger partial charge in [-0.2, -0.15) is 18.3 Å². The zero-order chi connectivity index (χ0) is 19.4. The second-order valence-electron chi connectivity index (χ2n) is 5.48. The Morgan fingerprint density at radius 2 is 2.00 bits per heavy atom. The quantitative estimate of drug-likeness (QED) is 0.622. The number of hydrazone groups is 1. The fraction of sp³-hybridized carbons (Fsp3) is 0.125. The zero-order valence-electron chi connectivity index (χ0n) is 13.6. The van der Waals surface area contributed by atoms with Gasteiger partial charge in [0.05, 0.1) is 22.8 Å². The number of hydrazine groups is 2. The molecule has 2 aromatic carbocycles. The predicted molar refractivity (Wildman–Crippen MR) is 97.3 cm³/mol. The van der Waals surface area contributed by atoms with Crippen molar-refractivity contribution in [1.29, 1.82) is 0 Å². The highest BCUT2D eigenvalue weighted by molar-refractivity contribution is 6.31. The van der Waals surface area contributed by atoms with E-state index in [4.69, 9.17) is 11.6 Å². The lowest BCUT2D eigenvalue weighted by atomic mass is 10.2. The Morgan fingerprint density at radius 1 is 1.19 bits per heavy atom. The first-order valence-electron chi connectivity index (χ1n) is 7.66. The van der Waals surface area contributed by atoms with Gasteiger partial charge in [0.1, 0.15) is 6.34 Å². The Labute approximate surface area is 157 Å². The van der Waals surface area contributed by atoms with Crippen molar-refractivity contribution in [3.8, 4) is 0 Å². The van der Waals surface area contributed by atoms with Crippen LogP contribution in [0, 0.1) is 0 Å². The van der Waals surface area contributed by atoms with Gasteiger partial charge in [0, 0.05) is 11.4 Å². The Kier molecular flexibility index (Phi) is 5.38. The number of carbonyl (C=O) groups excluding carboxylic acids is 1. The van der Waals surface area contributed by atoms with Crippen LogP contribution in [0.1, 0.15) is 5.56 Å². The van der Waals surface area contributed by atoms with Crippen molar-refractivity contribution in [2.75, 3.05) is 22.2 Å². The van der Waals surface area contributed by atoms with E-state index in [1.54, 1.807) is 23.2 Å². The number of anilines is 3. The van der Waals surface area contributed by atoms with Gasteiger partial charge in [-0.25, -0.2) is 10.5 Å². The molecule has 0 radical (unpaired) electrons. The molecule has 3 rings (SSSR count). The van der Waals surface area contributed by atoms with E-state index in [0.29, 0.717) is 5.69 Å². The van der Waals surface area contributed by atoms with Gasteiger partial charge in [0.15, 0.2) is 0 Å². The summed E-state index contributed by atoms with van der Waals surface area (Å²) in [6, 6.07) is 10.3. The smallest absolute Gasteiger partial charge is 0.376 e. The van der Waals surface area contributed by atoms with E-state index in [1.807, 2.05) is 6.07 Å². The monoisotopic (exact) mass is 398 g/mol. The number of amides is 1. The van der Waals surface area contributed by atoms with Gasteiger partial charge in [0.25, 0.3) is 0 Å². The topological polar surface area (TPSA) is 80.8 Å². The molecule has 0 unspecified atom stereocenters. The number of halogens is 4. The molecule has 0 spiro atoms. The molecule has 0 saturated heterocycles. The lowest BCUT2D eigenvalue weighted by molar-refractivity contribution is -0.137. The molecule has 0 bridgehead atoms. The maximum atomic E-state index is 12.9. The minimum atomic E-state index is -4.60. The normalized spacial score (nSPS) is 13.4. The SMILES string of the molecule is O=C(CNc1cccc(N2C=NNN2)c1)Nc1ccc(Cl)c(C(F)(F)F)c1. The minimum absolute atomic E-state index is 0.0100. The highest BCUT2D eigenvalue weighted by atomic mass is 35.5. The Morgan fingerprint density at radius 3 is 2.70 bits per heavy atom. The van der Waals surface area contributed by atoms with Gasteiger partial charge < -0.3 is 10.6 Å². The maximum Gasteiger partial charge on any atom is 0.417 e. The Bertz CT molecular complexity index is 873. The van der Waals surface area contributed by atoms with Crippen LogP contribution in [0.3, 0.4) is 0 Å². The number of hydrogen-bond acceptors (Lipinski definition) is 6. The summed E-state index contributed by atoms with van der Waals surface area (Å²) in [5.74, 6) is -0.502. The summed E-state index contributed by atoms with van der Waals surface area (Å²) in [5, 5.41) is 10.3. The van der Waals surface area contributed by atoms with Gasteiger partial charge >= 0.3 is 6.18 Å². The van der Waals surface area contributed by atoms with Crippen LogP contribution in [0.5, 0.6) is 0 Å². The molecule has 0 atom stereocenters. The van der Waals surface area contributed by atoms with Crippen molar-refractivity contribution in [2.45, 2.75) is 6.18 Å². The van der Waals surface area contributed by atoms with Crippen LogP contribution in [0.15, 0.2) is 47.6 Å². The lowest BCUT2D eigenvalue weighted by Gasteiger charge is -2.15. The first-order valence-corrected chi connectivity index (χ1v) is 8.04. The first kappa shape index (κ1) is 18.8. The fourth-order valence-corrected chi connectivity index (χ4v) is 2.53. The molecule has 1 aliphatic heterocycles. The molecule has 0 aromatic heterocycles. The van der Waals surface area contributed by atoms with Crippen LogP contribution >= 0.6 is 11.6 Å². The summed E-state index contributed by atoms with van der Waals surface area (Å²) < 4.78 is 38.6. The largest absolute Gasteiger partial charge is 0.417 e. The van der Waals surface area contributed by atoms with Gasteiger partial charge in [-0.1, -0.05) is 17.7 Å². The molecule has 7 nitrogen and oxygen atoms in total. The van der Waals surface area contributed by atoms with Gasteiger partial charge in [0.2, 0.25) is 5.91 Å². The van der Waals surface area contributed by atoms with Crippen LogP contribution in [-0.2, 0) is 11.0 Å².